The number of hydrogen-bond donors (Lipinski definition) is 0. The molecule has 0 aliphatic rings. The Morgan fingerprint density at radius 2 is 0.522 bits per heavy atom. The largest absolute Gasteiger partial charge is 0.462 e. The predicted molar refractivity (Wildman–Crippen MR) is 298 cm³/mol. The van der Waals surface area contributed by atoms with Gasteiger partial charge < -0.3 is 14.2 Å². The zero-order chi connectivity index (χ0) is 50.0. The molecule has 0 unspecified atom stereocenters. The average Bonchev–Trinajstić information content (AvgIpc) is 3.35. The zero-order valence-electron chi connectivity index (χ0n) is 46.6. The summed E-state index contributed by atoms with van der Waals surface area (Å²) in [5.41, 5.74) is 0. The van der Waals surface area contributed by atoms with Crippen LogP contribution in [0.2, 0.25) is 0 Å². The number of carbonyl (C=O) groups is 3. The van der Waals surface area contributed by atoms with Crippen LogP contribution in [-0.4, -0.2) is 37.2 Å². The Hall–Kier alpha value is -2.11. The summed E-state index contributed by atoms with van der Waals surface area (Å²) in [7, 11) is 0. The predicted octanol–water partition coefficient (Wildman–Crippen LogP) is 20.7. The van der Waals surface area contributed by atoms with Gasteiger partial charge in [0.25, 0.3) is 0 Å². The van der Waals surface area contributed by atoms with Crippen molar-refractivity contribution in [2.24, 2.45) is 0 Å². The molecule has 0 aromatic carbocycles. The second-order valence-electron chi connectivity index (χ2n) is 21.0. The molecule has 0 fully saturated rings. The molecule has 1 atom stereocenters. The van der Waals surface area contributed by atoms with Gasteiger partial charge in [-0.2, -0.15) is 0 Å². The molecule has 6 heteroatoms. The van der Waals surface area contributed by atoms with E-state index in [2.05, 4.69) is 45.1 Å². The fourth-order valence-corrected chi connectivity index (χ4v) is 9.30. The highest BCUT2D eigenvalue weighted by Gasteiger charge is 2.19. The van der Waals surface area contributed by atoms with Crippen molar-refractivity contribution in [2.45, 2.75) is 348 Å². The van der Waals surface area contributed by atoms with Crippen molar-refractivity contribution >= 4 is 17.9 Å². The molecule has 0 aliphatic carbocycles. The highest BCUT2D eigenvalue weighted by Crippen LogP contribution is 2.17. The first kappa shape index (κ1) is 66.9. The molecular formula is C63H118O6. The summed E-state index contributed by atoms with van der Waals surface area (Å²) in [4.78, 5) is 38.2. The third kappa shape index (κ3) is 56.7. The van der Waals surface area contributed by atoms with Crippen molar-refractivity contribution in [3.05, 3.63) is 24.3 Å². The van der Waals surface area contributed by atoms with Gasteiger partial charge in [0.1, 0.15) is 13.2 Å². The lowest BCUT2D eigenvalue weighted by molar-refractivity contribution is -0.167. The van der Waals surface area contributed by atoms with Crippen molar-refractivity contribution < 1.29 is 28.6 Å². The molecule has 0 radical (unpaired) electrons. The quantitative estimate of drug-likeness (QED) is 0.0261. The fraction of sp³-hybridized carbons (Fsp3) is 0.889. The Morgan fingerprint density at radius 3 is 0.826 bits per heavy atom. The van der Waals surface area contributed by atoms with E-state index in [0.29, 0.717) is 19.3 Å². The van der Waals surface area contributed by atoms with Crippen LogP contribution < -0.4 is 0 Å². The first-order chi connectivity index (χ1) is 34.0. The van der Waals surface area contributed by atoms with Crippen molar-refractivity contribution in [2.75, 3.05) is 13.2 Å². The van der Waals surface area contributed by atoms with Crippen LogP contribution in [0.5, 0.6) is 0 Å². The number of rotatable bonds is 57. The third-order valence-electron chi connectivity index (χ3n) is 14.0. The summed E-state index contributed by atoms with van der Waals surface area (Å²) in [5.74, 6) is -0.844. The molecule has 0 heterocycles. The molecule has 0 N–H and O–H groups in total. The molecule has 0 saturated heterocycles. The van der Waals surface area contributed by atoms with Gasteiger partial charge in [-0.3, -0.25) is 14.4 Å². The number of ether oxygens (including phenoxy) is 3. The first-order valence-corrected chi connectivity index (χ1v) is 30.8. The van der Waals surface area contributed by atoms with E-state index in [1.54, 1.807) is 0 Å². The molecule has 0 aromatic heterocycles. The normalized spacial score (nSPS) is 12.1. The van der Waals surface area contributed by atoms with Gasteiger partial charge in [-0.15, -0.1) is 0 Å². The van der Waals surface area contributed by atoms with E-state index in [1.165, 1.54) is 238 Å². The van der Waals surface area contributed by atoms with Gasteiger partial charge in [0.2, 0.25) is 0 Å². The van der Waals surface area contributed by atoms with Gasteiger partial charge in [-0.1, -0.05) is 295 Å². The average molecular weight is 972 g/mol. The summed E-state index contributed by atoms with van der Waals surface area (Å²) in [6.07, 6.45) is 68.8. The molecule has 0 spiro atoms. The Kier molecular flexibility index (Phi) is 56.7. The van der Waals surface area contributed by atoms with Crippen LogP contribution in [0.25, 0.3) is 0 Å². The van der Waals surface area contributed by atoms with Gasteiger partial charge >= 0.3 is 17.9 Å². The Balaban J connectivity index is 4.31. The molecule has 0 saturated carbocycles. The highest BCUT2D eigenvalue weighted by molar-refractivity contribution is 5.71. The van der Waals surface area contributed by atoms with Crippen LogP contribution in [0.15, 0.2) is 24.3 Å². The Bertz CT molecular complexity index is 1110. The van der Waals surface area contributed by atoms with Crippen LogP contribution in [0.4, 0.5) is 0 Å². The minimum atomic E-state index is -0.768. The van der Waals surface area contributed by atoms with Crippen molar-refractivity contribution in [3.63, 3.8) is 0 Å². The summed E-state index contributed by atoms with van der Waals surface area (Å²) in [6, 6.07) is 0. The second kappa shape index (κ2) is 58.5. The van der Waals surface area contributed by atoms with E-state index in [9.17, 15) is 14.4 Å². The Morgan fingerprint density at radius 1 is 0.290 bits per heavy atom. The van der Waals surface area contributed by atoms with E-state index >= 15 is 0 Å². The molecule has 0 amide bonds. The summed E-state index contributed by atoms with van der Waals surface area (Å²) < 4.78 is 16.9. The standard InChI is InChI=1S/C63H118O6/c1-4-7-10-13-16-19-22-25-28-30-31-33-35-38-41-44-47-50-53-56-62(65)68-59-60(58-67-61(64)55-52-49-46-43-40-37-34-27-24-21-18-15-12-9-6-3)69-63(66)57-54-51-48-45-42-39-36-32-29-26-23-20-17-14-11-8-5-2/h16,19,25,28,60H,4-15,17-18,20-24,26-27,29-59H2,1-3H3/b19-16-,28-25-/t60-/m0/s1. The van der Waals surface area contributed by atoms with Crippen LogP contribution in [0.3, 0.4) is 0 Å². The number of carbonyl (C=O) groups excluding carboxylic acids is 3. The highest BCUT2D eigenvalue weighted by atomic mass is 16.6. The lowest BCUT2D eigenvalue weighted by Gasteiger charge is -2.18. The van der Waals surface area contributed by atoms with Gasteiger partial charge in [-0.25, -0.2) is 0 Å². The fourth-order valence-electron chi connectivity index (χ4n) is 9.30. The Labute approximate surface area is 430 Å². The number of esters is 3. The minimum Gasteiger partial charge on any atom is -0.462 e. The maximum Gasteiger partial charge on any atom is 0.306 e. The molecule has 0 rings (SSSR count). The van der Waals surface area contributed by atoms with Crippen LogP contribution in [0, 0.1) is 0 Å². The molecular weight excluding hydrogens is 853 g/mol. The summed E-state index contributed by atoms with van der Waals surface area (Å²) >= 11 is 0. The van der Waals surface area contributed by atoms with Gasteiger partial charge in [-0.05, 0) is 51.4 Å². The van der Waals surface area contributed by atoms with Crippen LogP contribution >= 0.6 is 0 Å². The third-order valence-corrected chi connectivity index (χ3v) is 14.0. The maximum atomic E-state index is 12.9. The number of hydrogen-bond acceptors (Lipinski definition) is 6. The van der Waals surface area contributed by atoms with Crippen molar-refractivity contribution in [1.82, 2.24) is 0 Å². The minimum absolute atomic E-state index is 0.0663. The smallest absolute Gasteiger partial charge is 0.306 e. The van der Waals surface area contributed by atoms with Crippen molar-refractivity contribution in [3.8, 4) is 0 Å². The number of allylic oxidation sites excluding steroid dienone is 4. The monoisotopic (exact) mass is 971 g/mol. The second-order valence-corrected chi connectivity index (χ2v) is 21.0. The summed E-state index contributed by atoms with van der Waals surface area (Å²) in [5, 5.41) is 0. The SMILES string of the molecule is CCCCC/C=C\C/C=C\CCCCCCCCCCCC(=O)OC[C@H](COC(=O)CCCCCCCCCCCCCCCCC)OC(=O)CCCCCCCCCCCCCCCCCCC. The molecule has 69 heavy (non-hydrogen) atoms. The van der Waals surface area contributed by atoms with Crippen LogP contribution in [-0.2, 0) is 28.6 Å². The van der Waals surface area contributed by atoms with Crippen molar-refractivity contribution in [1.29, 1.82) is 0 Å². The van der Waals surface area contributed by atoms with Crippen LogP contribution in [0.1, 0.15) is 342 Å². The lowest BCUT2D eigenvalue weighted by atomic mass is 10.0. The number of unbranched alkanes of at least 4 members (excludes halogenated alkanes) is 42. The lowest BCUT2D eigenvalue weighted by Crippen LogP contribution is -2.30. The summed E-state index contributed by atoms with van der Waals surface area (Å²) in [6.45, 7) is 6.68. The molecule has 0 aromatic rings. The van der Waals surface area contributed by atoms with E-state index in [1.807, 2.05) is 0 Å². The van der Waals surface area contributed by atoms with E-state index in [0.717, 1.165) is 64.2 Å². The van der Waals surface area contributed by atoms with Gasteiger partial charge in [0.15, 0.2) is 6.10 Å². The molecule has 0 aliphatic heterocycles. The maximum absolute atomic E-state index is 12.9. The van der Waals surface area contributed by atoms with E-state index < -0.39 is 6.10 Å². The zero-order valence-corrected chi connectivity index (χ0v) is 46.6. The van der Waals surface area contributed by atoms with E-state index in [-0.39, 0.29) is 31.1 Å². The molecule has 0 bridgehead atoms. The molecule has 406 valence electrons. The molecule has 6 nitrogen and oxygen atoms in total. The van der Waals surface area contributed by atoms with Gasteiger partial charge in [0.05, 0.1) is 0 Å². The topological polar surface area (TPSA) is 78.9 Å². The first-order valence-electron chi connectivity index (χ1n) is 30.8. The van der Waals surface area contributed by atoms with Gasteiger partial charge in [0, 0.05) is 19.3 Å². The van der Waals surface area contributed by atoms with E-state index in [4.69, 9.17) is 14.2 Å².